The van der Waals surface area contributed by atoms with Crippen LogP contribution in [0.1, 0.15) is 34.6 Å². The second-order valence-electron chi connectivity index (χ2n) is 7.18. The van der Waals surface area contributed by atoms with Crippen molar-refractivity contribution >= 4 is 33.9 Å². The number of nitrogens with zero attached hydrogens (tertiary/aromatic N) is 4. The number of alkyl halides is 3. The fourth-order valence-corrected chi connectivity index (χ4v) is 4.54. The van der Waals surface area contributed by atoms with E-state index in [0.29, 0.717) is 45.1 Å². The maximum absolute atomic E-state index is 13.5. The lowest BCUT2D eigenvalue weighted by Crippen LogP contribution is -2.36. The third-order valence-corrected chi connectivity index (χ3v) is 6.17. The van der Waals surface area contributed by atoms with Gasteiger partial charge >= 0.3 is 6.18 Å². The number of hydrogen-bond donors (Lipinski definition) is 1. The fraction of sp³-hybridized carbons (Fsp3) is 0.526. The number of rotatable bonds is 4. The summed E-state index contributed by atoms with van der Waals surface area (Å²) in [5.41, 5.74) is -0.804. The van der Waals surface area contributed by atoms with E-state index in [2.05, 4.69) is 15.3 Å². The summed E-state index contributed by atoms with van der Waals surface area (Å²) < 4.78 is 45.8. The Bertz CT molecular complexity index is 875. The average molecular weight is 441 g/mol. The van der Waals surface area contributed by atoms with Crippen molar-refractivity contribution in [1.82, 2.24) is 9.97 Å². The smallest absolute Gasteiger partial charge is 0.378 e. The highest BCUT2D eigenvalue weighted by Gasteiger charge is 2.40. The van der Waals surface area contributed by atoms with E-state index in [1.165, 1.54) is 6.20 Å². The number of piperidine rings is 1. The number of anilines is 3. The van der Waals surface area contributed by atoms with Gasteiger partial charge in [-0.25, -0.2) is 9.97 Å². The predicted octanol–water partition coefficient (Wildman–Crippen LogP) is 3.64. The van der Waals surface area contributed by atoms with Gasteiger partial charge in [0.2, 0.25) is 0 Å². The van der Waals surface area contributed by atoms with E-state index in [1.54, 1.807) is 12.1 Å². The third kappa shape index (κ3) is 4.67. The minimum Gasteiger partial charge on any atom is -0.378 e. The van der Waals surface area contributed by atoms with E-state index in [9.17, 15) is 18.0 Å². The summed E-state index contributed by atoms with van der Waals surface area (Å²) in [6.45, 7) is 3.97. The molecule has 4 heterocycles. The first-order valence-electron chi connectivity index (χ1n) is 9.85. The second-order valence-corrected chi connectivity index (χ2v) is 8.16. The molecule has 162 valence electrons. The van der Waals surface area contributed by atoms with Crippen molar-refractivity contribution in [2.24, 2.45) is 0 Å². The SMILES string of the molecule is O=C(Nc1ccc(N2CCOCC2)nc1)c1sc(N2CCCCC2)nc1C(F)(F)F. The van der Waals surface area contributed by atoms with Gasteiger partial charge in [-0.1, -0.05) is 11.3 Å². The molecule has 1 amide bonds. The van der Waals surface area contributed by atoms with Gasteiger partial charge in [0.15, 0.2) is 10.8 Å². The zero-order valence-corrected chi connectivity index (χ0v) is 17.1. The number of amides is 1. The van der Waals surface area contributed by atoms with Crippen LogP contribution in [0.3, 0.4) is 0 Å². The number of carbonyl (C=O) groups is 1. The van der Waals surface area contributed by atoms with Crippen molar-refractivity contribution < 1.29 is 22.7 Å². The van der Waals surface area contributed by atoms with E-state index in [0.717, 1.165) is 36.4 Å². The van der Waals surface area contributed by atoms with E-state index in [1.807, 2.05) is 9.80 Å². The Hall–Kier alpha value is -2.40. The summed E-state index contributed by atoms with van der Waals surface area (Å²) in [6.07, 6.45) is -0.389. The van der Waals surface area contributed by atoms with Crippen LogP contribution in [0.2, 0.25) is 0 Å². The van der Waals surface area contributed by atoms with Crippen LogP contribution in [0.15, 0.2) is 18.3 Å². The zero-order valence-electron chi connectivity index (χ0n) is 16.2. The van der Waals surface area contributed by atoms with Crippen LogP contribution in [0.5, 0.6) is 0 Å². The molecule has 2 saturated heterocycles. The Morgan fingerprint density at radius 2 is 1.80 bits per heavy atom. The Kier molecular flexibility index (Phi) is 6.09. The maximum Gasteiger partial charge on any atom is 0.435 e. The van der Waals surface area contributed by atoms with Crippen molar-refractivity contribution in [3.63, 3.8) is 0 Å². The summed E-state index contributed by atoms with van der Waals surface area (Å²) in [4.78, 5) is 24.2. The normalized spacial score (nSPS) is 17.8. The summed E-state index contributed by atoms with van der Waals surface area (Å²) in [5.74, 6) is -0.0959. The molecule has 7 nitrogen and oxygen atoms in total. The minimum absolute atomic E-state index is 0.243. The number of hydrogen-bond acceptors (Lipinski definition) is 7. The van der Waals surface area contributed by atoms with E-state index < -0.39 is 22.7 Å². The molecular formula is C19H22F3N5O2S. The van der Waals surface area contributed by atoms with Crippen molar-refractivity contribution in [3.8, 4) is 0 Å². The molecule has 0 aromatic carbocycles. The average Bonchev–Trinajstić information content (AvgIpc) is 3.22. The predicted molar refractivity (Wildman–Crippen MR) is 108 cm³/mol. The van der Waals surface area contributed by atoms with Gasteiger partial charge in [-0.2, -0.15) is 13.2 Å². The summed E-state index contributed by atoms with van der Waals surface area (Å²) >= 11 is 0.786. The molecule has 2 aliphatic rings. The van der Waals surface area contributed by atoms with Crippen LogP contribution in [0.4, 0.5) is 29.8 Å². The van der Waals surface area contributed by atoms with Gasteiger partial charge in [-0.3, -0.25) is 4.79 Å². The van der Waals surface area contributed by atoms with Gasteiger partial charge in [0.05, 0.1) is 25.1 Å². The molecule has 2 aliphatic heterocycles. The van der Waals surface area contributed by atoms with Crippen molar-refractivity contribution in [2.45, 2.75) is 25.4 Å². The van der Waals surface area contributed by atoms with Crippen LogP contribution in [-0.2, 0) is 10.9 Å². The van der Waals surface area contributed by atoms with Crippen molar-refractivity contribution in [3.05, 3.63) is 28.9 Å². The number of ether oxygens (including phenoxy) is 1. The number of aromatic nitrogens is 2. The molecule has 30 heavy (non-hydrogen) atoms. The molecule has 0 spiro atoms. The van der Waals surface area contributed by atoms with Crippen LogP contribution in [0.25, 0.3) is 0 Å². The number of carbonyl (C=O) groups excluding carboxylic acids is 1. The highest BCUT2D eigenvalue weighted by Crippen LogP contribution is 2.38. The van der Waals surface area contributed by atoms with Crippen molar-refractivity contribution in [2.75, 3.05) is 54.5 Å². The first kappa shape index (κ1) is 20.9. The summed E-state index contributed by atoms with van der Waals surface area (Å²) in [5, 5.41) is 2.77. The molecule has 0 bridgehead atoms. The molecule has 2 fully saturated rings. The third-order valence-electron chi connectivity index (χ3n) is 5.06. The monoisotopic (exact) mass is 441 g/mol. The summed E-state index contributed by atoms with van der Waals surface area (Å²) in [6, 6.07) is 3.37. The highest BCUT2D eigenvalue weighted by molar-refractivity contribution is 7.17. The molecule has 2 aromatic rings. The van der Waals surface area contributed by atoms with E-state index >= 15 is 0 Å². The second kappa shape index (κ2) is 8.76. The quantitative estimate of drug-likeness (QED) is 0.781. The number of pyridine rings is 1. The molecule has 2 aromatic heterocycles. The van der Waals surface area contributed by atoms with E-state index in [-0.39, 0.29) is 5.13 Å². The molecular weight excluding hydrogens is 419 g/mol. The lowest BCUT2D eigenvalue weighted by molar-refractivity contribution is -0.141. The Morgan fingerprint density at radius 1 is 1.07 bits per heavy atom. The van der Waals surface area contributed by atoms with Gasteiger partial charge in [0.1, 0.15) is 10.7 Å². The van der Waals surface area contributed by atoms with Crippen LogP contribution in [-0.4, -0.2) is 55.3 Å². The standard InChI is InChI=1S/C19H22F3N5O2S/c20-19(21,22)16-15(30-18(25-16)27-6-2-1-3-7-27)17(28)24-13-4-5-14(23-12-13)26-8-10-29-11-9-26/h4-5,12H,1-3,6-11H2,(H,24,28). The number of halogens is 3. The number of morpholine rings is 1. The molecule has 0 radical (unpaired) electrons. The first-order chi connectivity index (χ1) is 14.4. The zero-order chi connectivity index (χ0) is 21.1. The molecule has 0 unspecified atom stereocenters. The lowest BCUT2D eigenvalue weighted by Gasteiger charge is -2.27. The first-order valence-corrected chi connectivity index (χ1v) is 10.7. The fourth-order valence-electron chi connectivity index (χ4n) is 3.50. The molecule has 4 rings (SSSR count). The topological polar surface area (TPSA) is 70.6 Å². The Morgan fingerprint density at radius 3 is 2.43 bits per heavy atom. The molecule has 0 saturated carbocycles. The summed E-state index contributed by atoms with van der Waals surface area (Å²) in [7, 11) is 0. The van der Waals surface area contributed by atoms with Crippen molar-refractivity contribution in [1.29, 1.82) is 0 Å². The molecule has 0 atom stereocenters. The largest absolute Gasteiger partial charge is 0.435 e. The lowest BCUT2D eigenvalue weighted by atomic mass is 10.1. The van der Waals surface area contributed by atoms with Crippen LogP contribution < -0.4 is 15.1 Å². The molecule has 11 heteroatoms. The molecule has 0 aliphatic carbocycles. The van der Waals surface area contributed by atoms with Gasteiger partial charge < -0.3 is 19.9 Å². The van der Waals surface area contributed by atoms with Gasteiger partial charge in [-0.15, -0.1) is 0 Å². The highest BCUT2D eigenvalue weighted by atomic mass is 32.1. The van der Waals surface area contributed by atoms with E-state index in [4.69, 9.17) is 4.74 Å². The number of nitrogens with one attached hydrogen (secondary N) is 1. The van der Waals surface area contributed by atoms with Crippen LogP contribution in [0, 0.1) is 0 Å². The van der Waals surface area contributed by atoms with Crippen LogP contribution >= 0.6 is 11.3 Å². The Balaban J connectivity index is 1.51. The van der Waals surface area contributed by atoms with Gasteiger partial charge in [-0.05, 0) is 31.4 Å². The van der Waals surface area contributed by atoms with Gasteiger partial charge in [0.25, 0.3) is 5.91 Å². The van der Waals surface area contributed by atoms with Gasteiger partial charge in [0, 0.05) is 26.2 Å². The maximum atomic E-state index is 13.5. The minimum atomic E-state index is -4.70. The number of thiazole rings is 1. The molecule has 1 N–H and O–H groups in total. The Labute approximate surface area is 175 Å².